The minimum atomic E-state index is -4.72. The molecule has 138 valence electrons. The van der Waals surface area contributed by atoms with Gasteiger partial charge in [0, 0.05) is 17.8 Å². The van der Waals surface area contributed by atoms with Crippen molar-refractivity contribution in [3.8, 4) is 11.5 Å². The standard InChI is InChI=1S/C18H21BrF3NO2/c1-4-12(5-2)14-8-17(19)23(11-14)10-13-6-7-15(9-16(13)24-3)25-18(20,21)22/h6-9,11-12H,4-5,10H2,1-3H3. The molecule has 0 atom stereocenters. The van der Waals surface area contributed by atoms with Gasteiger partial charge in [-0.2, -0.15) is 0 Å². The van der Waals surface area contributed by atoms with Crippen LogP contribution in [0.15, 0.2) is 35.1 Å². The SMILES string of the molecule is CCC(CC)c1cc(Br)n(Cc2ccc(OC(F)(F)F)cc2OC)c1. The first kappa shape index (κ1) is 19.7. The zero-order valence-electron chi connectivity index (χ0n) is 14.4. The third-order valence-corrected chi connectivity index (χ3v) is 4.84. The van der Waals surface area contributed by atoms with Gasteiger partial charge >= 0.3 is 6.36 Å². The molecule has 0 saturated carbocycles. The van der Waals surface area contributed by atoms with Crippen LogP contribution in [-0.4, -0.2) is 18.0 Å². The van der Waals surface area contributed by atoms with Crippen LogP contribution in [0.3, 0.4) is 0 Å². The number of rotatable bonds is 7. The molecule has 7 heteroatoms. The molecule has 0 unspecified atom stereocenters. The first-order valence-electron chi connectivity index (χ1n) is 8.05. The Hall–Kier alpha value is -1.63. The molecule has 0 saturated heterocycles. The highest BCUT2D eigenvalue weighted by atomic mass is 79.9. The summed E-state index contributed by atoms with van der Waals surface area (Å²) in [6, 6.07) is 6.22. The molecule has 0 aliphatic carbocycles. The van der Waals surface area contributed by atoms with Gasteiger partial charge in [-0.15, -0.1) is 13.2 Å². The number of methoxy groups -OCH3 is 1. The second kappa shape index (κ2) is 8.17. The van der Waals surface area contributed by atoms with E-state index in [-0.39, 0.29) is 5.75 Å². The van der Waals surface area contributed by atoms with Gasteiger partial charge in [-0.3, -0.25) is 0 Å². The summed E-state index contributed by atoms with van der Waals surface area (Å²) in [6.45, 7) is 4.79. The van der Waals surface area contributed by atoms with Crippen LogP contribution >= 0.6 is 15.9 Å². The smallest absolute Gasteiger partial charge is 0.496 e. The lowest BCUT2D eigenvalue weighted by Crippen LogP contribution is -2.17. The van der Waals surface area contributed by atoms with Crippen molar-refractivity contribution in [1.82, 2.24) is 4.57 Å². The van der Waals surface area contributed by atoms with Crippen molar-refractivity contribution < 1.29 is 22.6 Å². The summed E-state index contributed by atoms with van der Waals surface area (Å²) < 4.78 is 49.2. The highest BCUT2D eigenvalue weighted by Gasteiger charge is 2.31. The van der Waals surface area contributed by atoms with Crippen LogP contribution in [0.4, 0.5) is 13.2 Å². The summed E-state index contributed by atoms with van der Waals surface area (Å²) in [5.74, 6) is 0.547. The predicted octanol–water partition coefficient (Wildman–Crippen LogP) is 6.11. The minimum Gasteiger partial charge on any atom is -0.496 e. The Morgan fingerprint density at radius 2 is 1.84 bits per heavy atom. The van der Waals surface area contributed by atoms with Crippen molar-refractivity contribution in [2.45, 2.75) is 45.5 Å². The molecule has 2 rings (SSSR count). The Morgan fingerprint density at radius 1 is 1.16 bits per heavy atom. The molecule has 1 aromatic carbocycles. The second-order valence-electron chi connectivity index (χ2n) is 5.76. The lowest BCUT2D eigenvalue weighted by Gasteiger charge is -2.14. The first-order chi connectivity index (χ1) is 11.8. The summed E-state index contributed by atoms with van der Waals surface area (Å²) in [5.41, 5.74) is 2.01. The molecular weight excluding hydrogens is 399 g/mol. The maximum atomic E-state index is 12.3. The number of alkyl halides is 3. The van der Waals surface area contributed by atoms with Crippen molar-refractivity contribution in [3.05, 3.63) is 46.2 Å². The molecule has 2 aromatic rings. The van der Waals surface area contributed by atoms with Gasteiger partial charge in [0.05, 0.1) is 18.3 Å². The molecule has 3 nitrogen and oxygen atoms in total. The van der Waals surface area contributed by atoms with Gasteiger partial charge in [0.15, 0.2) is 0 Å². The number of hydrogen-bond donors (Lipinski definition) is 0. The Morgan fingerprint density at radius 3 is 2.40 bits per heavy atom. The van der Waals surface area contributed by atoms with Crippen molar-refractivity contribution in [1.29, 1.82) is 0 Å². The van der Waals surface area contributed by atoms with E-state index in [0.717, 1.165) is 23.0 Å². The van der Waals surface area contributed by atoms with Crippen LogP contribution in [0.5, 0.6) is 11.5 Å². The van der Waals surface area contributed by atoms with E-state index >= 15 is 0 Å². The van der Waals surface area contributed by atoms with Gasteiger partial charge < -0.3 is 14.0 Å². The zero-order chi connectivity index (χ0) is 18.6. The van der Waals surface area contributed by atoms with Gasteiger partial charge in [-0.25, -0.2) is 0 Å². The molecule has 1 heterocycles. The molecule has 0 aliphatic rings. The Labute approximate surface area is 153 Å². The molecule has 0 N–H and O–H groups in total. The van der Waals surface area contributed by atoms with E-state index in [1.165, 1.54) is 24.8 Å². The van der Waals surface area contributed by atoms with Crippen molar-refractivity contribution in [2.75, 3.05) is 7.11 Å². The number of halogens is 4. The maximum Gasteiger partial charge on any atom is 0.573 e. The monoisotopic (exact) mass is 419 g/mol. The normalized spacial score (nSPS) is 11.8. The average molecular weight is 420 g/mol. The Balaban J connectivity index is 2.25. The second-order valence-corrected chi connectivity index (χ2v) is 6.57. The van der Waals surface area contributed by atoms with Crippen LogP contribution in [0.25, 0.3) is 0 Å². The molecule has 25 heavy (non-hydrogen) atoms. The highest BCUT2D eigenvalue weighted by Crippen LogP contribution is 2.32. The predicted molar refractivity (Wildman–Crippen MR) is 94.2 cm³/mol. The topological polar surface area (TPSA) is 23.4 Å². The Kier molecular flexibility index (Phi) is 6.43. The summed E-state index contributed by atoms with van der Waals surface area (Å²) >= 11 is 3.55. The number of ether oxygens (including phenoxy) is 2. The quantitative estimate of drug-likeness (QED) is 0.540. The molecule has 0 amide bonds. The van der Waals surface area contributed by atoms with Crippen molar-refractivity contribution in [3.63, 3.8) is 0 Å². The highest BCUT2D eigenvalue weighted by molar-refractivity contribution is 9.10. The summed E-state index contributed by atoms with van der Waals surface area (Å²) in [7, 11) is 1.43. The fourth-order valence-corrected chi connectivity index (χ4v) is 3.33. The molecular formula is C18H21BrF3NO2. The number of aromatic nitrogens is 1. The molecule has 0 fully saturated rings. The van der Waals surface area contributed by atoms with E-state index in [1.807, 2.05) is 4.57 Å². The van der Waals surface area contributed by atoms with Gasteiger partial charge in [-0.1, -0.05) is 13.8 Å². The van der Waals surface area contributed by atoms with Gasteiger partial charge in [0.2, 0.25) is 0 Å². The Bertz CT molecular complexity index is 709. The zero-order valence-corrected chi connectivity index (χ0v) is 15.9. The van der Waals surface area contributed by atoms with Gasteiger partial charge in [0.25, 0.3) is 0 Å². The van der Waals surface area contributed by atoms with E-state index in [4.69, 9.17) is 4.74 Å². The lowest BCUT2D eigenvalue weighted by molar-refractivity contribution is -0.274. The van der Waals surface area contributed by atoms with Crippen LogP contribution in [0.1, 0.15) is 43.7 Å². The third-order valence-electron chi connectivity index (χ3n) is 4.15. The van der Waals surface area contributed by atoms with Gasteiger partial charge in [0.1, 0.15) is 11.5 Å². The fraction of sp³-hybridized carbons (Fsp3) is 0.444. The summed E-state index contributed by atoms with van der Waals surface area (Å²) in [5, 5.41) is 0. The number of benzene rings is 1. The van der Waals surface area contributed by atoms with Crippen molar-refractivity contribution >= 4 is 15.9 Å². The van der Waals surface area contributed by atoms with E-state index in [2.05, 4.69) is 46.8 Å². The summed E-state index contributed by atoms with van der Waals surface area (Å²) in [4.78, 5) is 0. The average Bonchev–Trinajstić information content (AvgIpc) is 2.89. The van der Waals surface area contributed by atoms with Crippen LogP contribution in [0, 0.1) is 0 Å². The first-order valence-corrected chi connectivity index (χ1v) is 8.84. The molecule has 0 aliphatic heterocycles. The molecule has 0 spiro atoms. The van der Waals surface area contributed by atoms with E-state index in [1.54, 1.807) is 6.07 Å². The lowest BCUT2D eigenvalue weighted by atomic mass is 9.97. The number of hydrogen-bond acceptors (Lipinski definition) is 2. The van der Waals surface area contributed by atoms with Crippen LogP contribution < -0.4 is 9.47 Å². The van der Waals surface area contributed by atoms with E-state index in [9.17, 15) is 13.2 Å². The van der Waals surface area contributed by atoms with E-state index < -0.39 is 6.36 Å². The van der Waals surface area contributed by atoms with Crippen LogP contribution in [-0.2, 0) is 6.54 Å². The molecule has 0 bridgehead atoms. The van der Waals surface area contributed by atoms with E-state index in [0.29, 0.717) is 18.2 Å². The van der Waals surface area contributed by atoms with Gasteiger partial charge in [-0.05, 0) is 58.5 Å². The molecule has 0 radical (unpaired) electrons. The maximum absolute atomic E-state index is 12.3. The number of nitrogens with zero attached hydrogens (tertiary/aromatic N) is 1. The molecule has 1 aromatic heterocycles. The van der Waals surface area contributed by atoms with Crippen molar-refractivity contribution in [2.24, 2.45) is 0 Å². The largest absolute Gasteiger partial charge is 0.573 e. The summed E-state index contributed by atoms with van der Waals surface area (Å²) in [6.07, 6.45) is -0.541. The minimum absolute atomic E-state index is 0.294. The third kappa shape index (κ3) is 5.17. The fourth-order valence-electron chi connectivity index (χ4n) is 2.84. The van der Waals surface area contributed by atoms with Crippen LogP contribution in [0.2, 0.25) is 0 Å².